The Morgan fingerprint density at radius 3 is 2.57 bits per heavy atom. The number of rotatable bonds is 3. The fraction of sp³-hybridized carbons (Fsp3) is 0.273. The Morgan fingerprint density at radius 2 is 1.83 bits per heavy atom. The Kier molecular flexibility index (Phi) is 4.27. The zero-order valence-corrected chi connectivity index (χ0v) is 16.1. The van der Waals surface area contributed by atoms with Gasteiger partial charge in [-0.25, -0.2) is 9.59 Å². The number of nitrogens with zero attached hydrogens (tertiary/aromatic N) is 2. The highest BCUT2D eigenvalue weighted by Crippen LogP contribution is 2.39. The predicted molar refractivity (Wildman–Crippen MR) is 109 cm³/mol. The van der Waals surface area contributed by atoms with Crippen LogP contribution in [0.15, 0.2) is 45.6 Å². The van der Waals surface area contributed by atoms with Crippen LogP contribution in [-0.2, 0) is 12.8 Å². The molecule has 2 aliphatic rings. The molecule has 8 nitrogen and oxygen atoms in total. The van der Waals surface area contributed by atoms with Crippen LogP contribution in [0.1, 0.15) is 34.3 Å². The molecule has 2 aromatic carbocycles. The quantitative estimate of drug-likeness (QED) is 0.215. The monoisotopic (exact) mass is 406 g/mol. The molecule has 5 rings (SSSR count). The maximum absolute atomic E-state index is 12.6. The van der Waals surface area contributed by atoms with Crippen LogP contribution in [0.5, 0.6) is 5.75 Å². The lowest BCUT2D eigenvalue weighted by Gasteiger charge is -2.37. The molecular weight excluding hydrogens is 388 g/mol. The lowest BCUT2D eigenvalue weighted by atomic mass is 9.90. The first-order chi connectivity index (χ1) is 14.5. The predicted octanol–water partition coefficient (Wildman–Crippen LogP) is 3.62. The number of hydrogen-bond donors (Lipinski definition) is 0. The number of carbonyl (C=O) groups excluding carboxylic acids is 1. The molecule has 0 atom stereocenters. The Hall–Kier alpha value is -3.68. The van der Waals surface area contributed by atoms with Crippen LogP contribution < -0.4 is 15.3 Å². The van der Waals surface area contributed by atoms with Gasteiger partial charge in [0.1, 0.15) is 16.9 Å². The molecule has 8 heteroatoms. The van der Waals surface area contributed by atoms with Gasteiger partial charge in [0, 0.05) is 41.9 Å². The number of ether oxygens (including phenoxy) is 1. The summed E-state index contributed by atoms with van der Waals surface area (Å²) in [5, 5.41) is 11.5. The smallest absolute Gasteiger partial charge is 0.351 e. The summed E-state index contributed by atoms with van der Waals surface area (Å²) in [5.74, 6) is -0.742. The molecule has 0 fully saturated rings. The highest BCUT2D eigenvalue weighted by atomic mass is 16.6. The van der Waals surface area contributed by atoms with E-state index in [0.717, 1.165) is 44.3 Å². The first-order valence-corrected chi connectivity index (χ1v) is 9.85. The van der Waals surface area contributed by atoms with Gasteiger partial charge in [0.25, 0.3) is 5.69 Å². The van der Waals surface area contributed by atoms with Crippen molar-refractivity contribution in [2.24, 2.45) is 0 Å². The number of nitro groups is 1. The van der Waals surface area contributed by atoms with Crippen molar-refractivity contribution in [3.63, 3.8) is 0 Å². The van der Waals surface area contributed by atoms with E-state index in [1.165, 1.54) is 41.6 Å². The lowest BCUT2D eigenvalue weighted by Crippen LogP contribution is -2.34. The van der Waals surface area contributed by atoms with Crippen LogP contribution >= 0.6 is 0 Å². The standard InChI is InChI=1S/C22H18N2O6/c25-21(29-16-7-5-15(6-8-16)24(27)28)18-12-14-11-13-3-1-9-23-10-2-4-17(19(13)23)20(14)30-22(18)26/h5-8,11-12H,1-4,9-10H2. The summed E-state index contributed by atoms with van der Waals surface area (Å²) in [7, 11) is 0. The number of carbonyl (C=O) groups is 1. The number of fused-ring (bicyclic) bond motifs is 2. The van der Waals surface area contributed by atoms with Gasteiger partial charge in [0.15, 0.2) is 0 Å². The molecule has 0 aliphatic carbocycles. The van der Waals surface area contributed by atoms with E-state index in [9.17, 15) is 19.7 Å². The molecule has 3 aromatic rings. The SMILES string of the molecule is O=C(Oc1ccc([N+](=O)[O-])cc1)c1cc2cc3c4c(c2oc1=O)CCCN4CCC3. The van der Waals surface area contributed by atoms with Crippen molar-refractivity contribution < 1.29 is 18.9 Å². The van der Waals surface area contributed by atoms with Crippen molar-refractivity contribution >= 4 is 28.3 Å². The number of anilines is 1. The van der Waals surface area contributed by atoms with Crippen molar-refractivity contribution in [1.82, 2.24) is 0 Å². The molecule has 0 radical (unpaired) electrons. The zero-order chi connectivity index (χ0) is 20.8. The van der Waals surface area contributed by atoms with Gasteiger partial charge in [-0.1, -0.05) is 0 Å². The molecule has 152 valence electrons. The Balaban J connectivity index is 1.53. The Morgan fingerprint density at radius 1 is 1.10 bits per heavy atom. The molecule has 2 aliphatic heterocycles. The van der Waals surface area contributed by atoms with Crippen molar-refractivity contribution in [3.8, 4) is 5.75 Å². The number of esters is 1. The summed E-state index contributed by atoms with van der Waals surface area (Å²) in [5.41, 5.74) is 2.91. The number of benzene rings is 2. The van der Waals surface area contributed by atoms with E-state index in [1.54, 1.807) is 0 Å². The summed E-state index contributed by atoms with van der Waals surface area (Å²) in [6, 6.07) is 8.61. The fourth-order valence-corrected chi connectivity index (χ4v) is 4.39. The van der Waals surface area contributed by atoms with Gasteiger partial charge in [0.05, 0.1) is 4.92 Å². The maximum atomic E-state index is 12.6. The van der Waals surface area contributed by atoms with Crippen molar-refractivity contribution in [2.75, 3.05) is 18.0 Å². The molecule has 0 saturated carbocycles. The van der Waals surface area contributed by atoms with Gasteiger partial charge in [-0.05, 0) is 55.5 Å². The third kappa shape index (κ3) is 3.01. The topological polar surface area (TPSA) is 103 Å². The minimum atomic E-state index is -0.854. The second kappa shape index (κ2) is 6.98. The average Bonchev–Trinajstić information content (AvgIpc) is 2.74. The van der Waals surface area contributed by atoms with Crippen LogP contribution in [0.4, 0.5) is 11.4 Å². The van der Waals surface area contributed by atoms with E-state index in [1.807, 2.05) is 6.07 Å². The second-order valence-corrected chi connectivity index (χ2v) is 7.56. The summed E-state index contributed by atoms with van der Waals surface area (Å²) in [6.07, 6.45) is 3.87. The normalized spacial score (nSPS) is 15.0. The molecule has 0 bridgehead atoms. The van der Waals surface area contributed by atoms with E-state index < -0.39 is 16.5 Å². The molecular formula is C22H18N2O6. The second-order valence-electron chi connectivity index (χ2n) is 7.56. The van der Waals surface area contributed by atoms with Crippen molar-refractivity contribution in [2.45, 2.75) is 25.7 Å². The number of non-ortho nitro benzene ring substituents is 1. The van der Waals surface area contributed by atoms with Gasteiger partial charge in [-0.3, -0.25) is 10.1 Å². The third-order valence-corrected chi connectivity index (χ3v) is 5.69. The summed E-state index contributed by atoms with van der Waals surface area (Å²) >= 11 is 0. The van der Waals surface area contributed by atoms with E-state index in [2.05, 4.69) is 4.90 Å². The molecule has 0 saturated heterocycles. The largest absolute Gasteiger partial charge is 0.423 e. The van der Waals surface area contributed by atoms with Gasteiger partial charge in [-0.2, -0.15) is 0 Å². The highest BCUT2D eigenvalue weighted by molar-refractivity contribution is 5.96. The van der Waals surface area contributed by atoms with Crippen LogP contribution in [0, 0.1) is 10.1 Å². The summed E-state index contributed by atoms with van der Waals surface area (Å²) < 4.78 is 10.8. The summed E-state index contributed by atoms with van der Waals surface area (Å²) in [4.78, 5) is 37.7. The average molecular weight is 406 g/mol. The summed E-state index contributed by atoms with van der Waals surface area (Å²) in [6.45, 7) is 2.02. The van der Waals surface area contributed by atoms with Crippen molar-refractivity contribution in [1.29, 1.82) is 0 Å². The maximum Gasteiger partial charge on any atom is 0.351 e. The van der Waals surface area contributed by atoms with Gasteiger partial charge in [0.2, 0.25) is 0 Å². The highest BCUT2D eigenvalue weighted by Gasteiger charge is 2.28. The third-order valence-electron chi connectivity index (χ3n) is 5.69. The van der Waals surface area contributed by atoms with E-state index >= 15 is 0 Å². The van der Waals surface area contributed by atoms with Gasteiger partial charge in [-0.15, -0.1) is 0 Å². The van der Waals surface area contributed by atoms with Crippen LogP contribution in [0.25, 0.3) is 11.0 Å². The zero-order valence-electron chi connectivity index (χ0n) is 16.1. The van der Waals surface area contributed by atoms with E-state index in [-0.39, 0.29) is 17.0 Å². The number of aryl methyl sites for hydroxylation is 2. The minimum Gasteiger partial charge on any atom is -0.423 e. The molecule has 1 aromatic heterocycles. The fourth-order valence-electron chi connectivity index (χ4n) is 4.39. The van der Waals surface area contributed by atoms with E-state index in [4.69, 9.17) is 9.15 Å². The van der Waals surface area contributed by atoms with Crippen LogP contribution in [0.3, 0.4) is 0 Å². The molecule has 0 unspecified atom stereocenters. The van der Waals surface area contributed by atoms with E-state index in [0.29, 0.717) is 11.0 Å². The molecule has 0 spiro atoms. The molecule has 3 heterocycles. The van der Waals surface area contributed by atoms with Crippen molar-refractivity contribution in [3.05, 3.63) is 73.6 Å². The number of hydrogen-bond acceptors (Lipinski definition) is 7. The van der Waals surface area contributed by atoms with Gasteiger partial charge < -0.3 is 14.1 Å². The Bertz CT molecular complexity index is 1240. The van der Waals surface area contributed by atoms with Crippen LogP contribution in [-0.4, -0.2) is 24.0 Å². The first kappa shape index (κ1) is 18.4. The minimum absolute atomic E-state index is 0.112. The molecule has 30 heavy (non-hydrogen) atoms. The lowest BCUT2D eigenvalue weighted by molar-refractivity contribution is -0.384. The first-order valence-electron chi connectivity index (χ1n) is 9.85. The van der Waals surface area contributed by atoms with Crippen LogP contribution in [0.2, 0.25) is 0 Å². The Labute approximate surface area is 170 Å². The molecule has 0 N–H and O–H groups in total. The number of nitro benzene ring substituents is 1. The molecule has 0 amide bonds. The van der Waals surface area contributed by atoms with Gasteiger partial charge >= 0.3 is 11.6 Å².